The number of pyridine rings is 1. The highest BCUT2D eigenvalue weighted by molar-refractivity contribution is 9.11. The zero-order chi connectivity index (χ0) is 6.85. The maximum absolute atomic E-state index is 5.47. The molecule has 0 aliphatic rings. The second-order valence-corrected chi connectivity index (χ2v) is 3.35. The molecule has 0 aliphatic carbocycles. The zero-order valence-corrected chi connectivity index (χ0v) is 7.66. The van der Waals surface area contributed by atoms with Gasteiger partial charge in [-0.3, -0.25) is 5.73 Å². The van der Waals surface area contributed by atoms with Gasteiger partial charge in [0.25, 0.3) is 5.82 Å². The van der Waals surface area contributed by atoms with E-state index in [1.807, 2.05) is 6.07 Å². The fourth-order valence-corrected chi connectivity index (χ4v) is 1.47. The molecule has 1 aromatic rings. The van der Waals surface area contributed by atoms with Gasteiger partial charge in [0.1, 0.15) is 10.7 Å². The van der Waals surface area contributed by atoms with Gasteiger partial charge in [-0.2, -0.15) is 0 Å². The van der Waals surface area contributed by atoms with E-state index in [1.165, 1.54) is 0 Å². The van der Waals surface area contributed by atoms with Gasteiger partial charge in [0.15, 0.2) is 0 Å². The lowest BCUT2D eigenvalue weighted by Gasteiger charge is -1.89. The van der Waals surface area contributed by atoms with Crippen LogP contribution in [0.15, 0.2) is 21.2 Å². The predicted octanol–water partition coefficient (Wildman–Crippen LogP) is 1.61. The fraction of sp³-hybridized carbons (Fsp3) is 0. The lowest BCUT2D eigenvalue weighted by atomic mass is 10.5. The molecule has 9 heavy (non-hydrogen) atoms. The van der Waals surface area contributed by atoms with Crippen LogP contribution in [0.1, 0.15) is 0 Å². The van der Waals surface area contributed by atoms with Crippen LogP contribution in [-0.2, 0) is 0 Å². The van der Waals surface area contributed by atoms with Crippen LogP contribution in [0.2, 0.25) is 0 Å². The number of nitrogens with one attached hydrogen (secondary N) is 1. The molecule has 0 bridgehead atoms. The number of hydrogen-bond donors (Lipinski definition) is 1. The summed E-state index contributed by atoms with van der Waals surface area (Å²) in [6.45, 7) is 0. The highest BCUT2D eigenvalue weighted by atomic mass is 79.9. The second-order valence-electron chi connectivity index (χ2n) is 1.58. The van der Waals surface area contributed by atoms with Gasteiger partial charge in [-0.15, -0.1) is 0 Å². The van der Waals surface area contributed by atoms with E-state index in [4.69, 9.17) is 5.73 Å². The van der Waals surface area contributed by atoms with Crippen LogP contribution in [0, 0.1) is 0 Å². The standard InChI is InChI=1S/C5H4Br2N2/c6-3-1-4(7)5(8)9-2-3/h1-2H,(H2,8,9)/p+1. The molecule has 0 saturated heterocycles. The molecule has 0 spiro atoms. The molecule has 1 rings (SSSR count). The molecular weight excluding hydrogens is 248 g/mol. The molecule has 4 heteroatoms. The number of nitrogen functional groups attached to an aromatic ring is 1. The van der Waals surface area contributed by atoms with Crippen molar-refractivity contribution in [3.63, 3.8) is 0 Å². The van der Waals surface area contributed by atoms with Crippen LogP contribution in [-0.4, -0.2) is 0 Å². The average molecular weight is 253 g/mol. The molecule has 0 aromatic carbocycles. The third kappa shape index (κ3) is 1.66. The third-order valence-corrected chi connectivity index (χ3v) is 2.00. The van der Waals surface area contributed by atoms with E-state index in [2.05, 4.69) is 36.8 Å². The number of anilines is 1. The number of hydrogen-bond acceptors (Lipinski definition) is 1. The van der Waals surface area contributed by atoms with Gasteiger partial charge >= 0.3 is 0 Å². The summed E-state index contributed by atoms with van der Waals surface area (Å²) >= 11 is 6.54. The molecule has 0 atom stereocenters. The van der Waals surface area contributed by atoms with Gasteiger partial charge in [0.2, 0.25) is 0 Å². The predicted molar refractivity (Wildman–Crippen MR) is 42.8 cm³/mol. The molecule has 0 aliphatic heterocycles. The Morgan fingerprint density at radius 3 is 2.56 bits per heavy atom. The summed E-state index contributed by atoms with van der Waals surface area (Å²) in [6, 6.07) is 1.88. The minimum absolute atomic E-state index is 0.637. The van der Waals surface area contributed by atoms with E-state index < -0.39 is 0 Å². The number of halogens is 2. The van der Waals surface area contributed by atoms with Crippen molar-refractivity contribution in [2.24, 2.45) is 0 Å². The van der Waals surface area contributed by atoms with Crippen molar-refractivity contribution >= 4 is 37.7 Å². The highest BCUT2D eigenvalue weighted by Gasteiger charge is 2.00. The minimum Gasteiger partial charge on any atom is -0.286 e. The Morgan fingerprint density at radius 1 is 1.44 bits per heavy atom. The first-order valence-corrected chi connectivity index (χ1v) is 3.91. The minimum atomic E-state index is 0.637. The van der Waals surface area contributed by atoms with Crippen molar-refractivity contribution in [1.82, 2.24) is 0 Å². The van der Waals surface area contributed by atoms with Crippen LogP contribution in [0.25, 0.3) is 0 Å². The van der Waals surface area contributed by atoms with Gasteiger partial charge in [0.05, 0.1) is 4.47 Å². The molecule has 0 unspecified atom stereocenters. The summed E-state index contributed by atoms with van der Waals surface area (Å²) in [6.07, 6.45) is 1.78. The van der Waals surface area contributed by atoms with Gasteiger partial charge in [-0.05, 0) is 37.9 Å². The number of H-pyrrole nitrogens is 1. The molecule has 0 radical (unpaired) electrons. The maximum atomic E-state index is 5.47. The Bertz CT molecular complexity index is 224. The number of aromatic amines is 1. The summed E-state index contributed by atoms with van der Waals surface area (Å²) in [5.41, 5.74) is 5.47. The molecule has 0 fully saturated rings. The molecule has 0 amide bonds. The first kappa shape index (κ1) is 7.02. The van der Waals surface area contributed by atoms with E-state index in [0.29, 0.717) is 5.82 Å². The van der Waals surface area contributed by atoms with Crippen molar-refractivity contribution in [1.29, 1.82) is 0 Å². The maximum Gasteiger partial charge on any atom is 0.284 e. The Labute approximate surface area is 69.7 Å². The molecule has 0 saturated carbocycles. The number of rotatable bonds is 0. The lowest BCUT2D eigenvalue weighted by Crippen LogP contribution is -2.09. The Balaban J connectivity index is 3.17. The van der Waals surface area contributed by atoms with Crippen molar-refractivity contribution in [2.45, 2.75) is 0 Å². The Hall–Kier alpha value is -0.0900. The summed E-state index contributed by atoms with van der Waals surface area (Å²) in [7, 11) is 0. The Morgan fingerprint density at radius 2 is 2.11 bits per heavy atom. The molecule has 3 N–H and O–H groups in total. The van der Waals surface area contributed by atoms with Crippen molar-refractivity contribution in [3.8, 4) is 0 Å². The largest absolute Gasteiger partial charge is 0.286 e. The van der Waals surface area contributed by atoms with Crippen LogP contribution in [0.4, 0.5) is 5.82 Å². The van der Waals surface area contributed by atoms with Gasteiger partial charge in [-0.1, -0.05) is 0 Å². The second kappa shape index (κ2) is 2.66. The monoisotopic (exact) mass is 251 g/mol. The van der Waals surface area contributed by atoms with Crippen molar-refractivity contribution in [3.05, 3.63) is 21.2 Å². The van der Waals surface area contributed by atoms with Crippen LogP contribution in [0.5, 0.6) is 0 Å². The summed E-state index contributed by atoms with van der Waals surface area (Å²) in [5, 5.41) is 0. The summed E-state index contributed by atoms with van der Waals surface area (Å²) < 4.78 is 1.85. The fourth-order valence-electron chi connectivity index (χ4n) is 0.456. The van der Waals surface area contributed by atoms with Gasteiger partial charge in [0, 0.05) is 0 Å². The third-order valence-electron chi connectivity index (χ3n) is 0.887. The van der Waals surface area contributed by atoms with Crippen LogP contribution < -0.4 is 10.7 Å². The van der Waals surface area contributed by atoms with E-state index in [0.717, 1.165) is 8.95 Å². The van der Waals surface area contributed by atoms with E-state index in [-0.39, 0.29) is 0 Å². The molecule has 48 valence electrons. The molecule has 1 aromatic heterocycles. The SMILES string of the molecule is Nc1[nH+]cc(Br)cc1Br. The van der Waals surface area contributed by atoms with Crippen LogP contribution >= 0.6 is 31.9 Å². The Kier molecular flexibility index (Phi) is 2.08. The smallest absolute Gasteiger partial charge is 0.284 e. The van der Waals surface area contributed by atoms with Crippen molar-refractivity contribution in [2.75, 3.05) is 5.73 Å². The van der Waals surface area contributed by atoms with Crippen LogP contribution in [0.3, 0.4) is 0 Å². The first-order chi connectivity index (χ1) is 4.20. The van der Waals surface area contributed by atoms with E-state index >= 15 is 0 Å². The molecule has 2 nitrogen and oxygen atoms in total. The van der Waals surface area contributed by atoms with Gasteiger partial charge < -0.3 is 0 Å². The molecular formula is C5H5Br2N2+. The van der Waals surface area contributed by atoms with Gasteiger partial charge in [-0.25, -0.2) is 4.98 Å². The quantitative estimate of drug-likeness (QED) is 0.749. The van der Waals surface area contributed by atoms with E-state index in [9.17, 15) is 0 Å². The topological polar surface area (TPSA) is 40.2 Å². The average Bonchev–Trinajstić information content (AvgIpc) is 1.80. The zero-order valence-electron chi connectivity index (χ0n) is 4.49. The number of nitrogens with two attached hydrogens (primary N) is 1. The summed E-state index contributed by atoms with van der Waals surface area (Å²) in [5.74, 6) is 0.637. The molecule has 1 heterocycles. The summed E-state index contributed by atoms with van der Waals surface area (Å²) in [4.78, 5) is 2.85. The normalized spacial score (nSPS) is 9.56. The van der Waals surface area contributed by atoms with Crippen molar-refractivity contribution < 1.29 is 4.98 Å². The number of aromatic nitrogens is 1. The first-order valence-electron chi connectivity index (χ1n) is 2.32. The van der Waals surface area contributed by atoms with E-state index in [1.54, 1.807) is 6.20 Å². The lowest BCUT2D eigenvalue weighted by molar-refractivity contribution is -0.361. The highest BCUT2D eigenvalue weighted by Crippen LogP contribution is 2.17.